The molecule has 0 aromatic heterocycles. The number of rotatable bonds is 7. The zero-order chi connectivity index (χ0) is 14.4. The third-order valence-corrected chi connectivity index (χ3v) is 3.81. The molecule has 0 saturated heterocycles. The molecule has 0 bridgehead atoms. The molecule has 0 heterocycles. The molecule has 4 nitrogen and oxygen atoms in total. The second-order valence-electron chi connectivity index (χ2n) is 5.21. The Balaban J connectivity index is 1.66. The van der Waals surface area contributed by atoms with Crippen molar-refractivity contribution in [3.63, 3.8) is 0 Å². The first-order valence-electron chi connectivity index (χ1n) is 7.04. The lowest BCUT2D eigenvalue weighted by Crippen LogP contribution is -2.34. The summed E-state index contributed by atoms with van der Waals surface area (Å²) < 4.78 is 15.8. The fraction of sp³-hybridized carbons (Fsp3) is 0.562. The van der Waals surface area contributed by atoms with E-state index >= 15 is 0 Å². The average molecular weight is 278 g/mol. The Morgan fingerprint density at radius 2 is 1.85 bits per heavy atom. The molecule has 1 aliphatic rings. The van der Waals surface area contributed by atoms with E-state index in [2.05, 4.69) is 0 Å². The molecule has 1 aromatic rings. The number of carbonyl (C=O) groups is 1. The summed E-state index contributed by atoms with van der Waals surface area (Å²) in [6.45, 7) is 0. The predicted octanol–water partition coefficient (Wildman–Crippen LogP) is 3.02. The number of benzene rings is 1. The molecule has 2 rings (SSSR count). The largest absolute Gasteiger partial charge is 0.459 e. The highest BCUT2D eigenvalue weighted by molar-refractivity contribution is 5.89. The molecule has 1 aliphatic carbocycles. The van der Waals surface area contributed by atoms with Crippen LogP contribution >= 0.6 is 0 Å². The Morgan fingerprint density at radius 3 is 2.45 bits per heavy atom. The number of carbonyl (C=O) groups excluding carboxylic acids is 1. The zero-order valence-corrected chi connectivity index (χ0v) is 12.1. The first-order valence-corrected chi connectivity index (χ1v) is 7.04. The molecule has 4 heteroatoms. The van der Waals surface area contributed by atoms with Crippen molar-refractivity contribution in [1.82, 2.24) is 0 Å². The van der Waals surface area contributed by atoms with Gasteiger partial charge in [-0.05, 0) is 43.7 Å². The van der Waals surface area contributed by atoms with Gasteiger partial charge < -0.3 is 14.2 Å². The van der Waals surface area contributed by atoms with Gasteiger partial charge in [-0.2, -0.15) is 0 Å². The van der Waals surface area contributed by atoms with Crippen LogP contribution in [0.3, 0.4) is 0 Å². The van der Waals surface area contributed by atoms with Gasteiger partial charge in [-0.3, -0.25) is 0 Å². The summed E-state index contributed by atoms with van der Waals surface area (Å²) in [6.07, 6.45) is 3.76. The molecular weight excluding hydrogens is 256 g/mol. The first-order chi connectivity index (χ1) is 9.72. The Morgan fingerprint density at radius 1 is 1.20 bits per heavy atom. The van der Waals surface area contributed by atoms with Crippen LogP contribution in [0, 0.1) is 5.92 Å². The molecule has 20 heavy (non-hydrogen) atoms. The predicted molar refractivity (Wildman–Crippen MR) is 75.4 cm³/mol. The quantitative estimate of drug-likeness (QED) is 0.568. The van der Waals surface area contributed by atoms with Crippen molar-refractivity contribution in [3.8, 4) is 0 Å². The molecule has 0 amide bonds. The second kappa shape index (κ2) is 7.41. The van der Waals surface area contributed by atoms with Crippen LogP contribution in [0.15, 0.2) is 30.3 Å². The van der Waals surface area contributed by atoms with Gasteiger partial charge in [0.25, 0.3) is 0 Å². The topological polar surface area (TPSA) is 44.8 Å². The van der Waals surface area contributed by atoms with Crippen molar-refractivity contribution in [1.29, 1.82) is 0 Å². The normalized spacial score (nSPS) is 21.6. The van der Waals surface area contributed by atoms with E-state index in [9.17, 15) is 4.79 Å². The van der Waals surface area contributed by atoms with E-state index in [4.69, 9.17) is 14.2 Å². The lowest BCUT2D eigenvalue weighted by Gasteiger charge is -2.35. The number of hydrogen-bond acceptors (Lipinski definition) is 4. The van der Waals surface area contributed by atoms with Gasteiger partial charge in [0.15, 0.2) is 6.29 Å². The molecule has 110 valence electrons. The maximum atomic E-state index is 11.9. The maximum Gasteiger partial charge on any atom is 0.338 e. The molecule has 0 radical (unpaired) electrons. The van der Waals surface area contributed by atoms with E-state index in [0.717, 1.165) is 25.7 Å². The standard InChI is InChI=1S/C16H22O4/c1-18-15(19-2)9-8-12-10-14(11-12)20-16(17)13-6-4-3-5-7-13/h3-7,12,14-15H,8-11H2,1-2H3. The third-order valence-electron chi connectivity index (χ3n) is 3.81. The molecule has 0 N–H and O–H groups in total. The molecule has 0 aliphatic heterocycles. The molecule has 0 unspecified atom stereocenters. The number of methoxy groups -OCH3 is 2. The molecule has 0 spiro atoms. The van der Waals surface area contributed by atoms with Crippen LogP contribution in [0.2, 0.25) is 0 Å². The number of hydrogen-bond donors (Lipinski definition) is 0. The van der Waals surface area contributed by atoms with Crippen molar-refractivity contribution < 1.29 is 19.0 Å². The summed E-state index contributed by atoms with van der Waals surface area (Å²) in [5, 5.41) is 0. The lowest BCUT2D eigenvalue weighted by molar-refractivity contribution is -0.112. The van der Waals surface area contributed by atoms with Gasteiger partial charge in [-0.15, -0.1) is 0 Å². The van der Waals surface area contributed by atoms with E-state index in [1.807, 2.05) is 18.2 Å². The Hall–Kier alpha value is -1.39. The molecular formula is C16H22O4. The Labute approximate surface area is 120 Å². The van der Waals surface area contributed by atoms with Gasteiger partial charge in [0.2, 0.25) is 0 Å². The second-order valence-corrected chi connectivity index (χ2v) is 5.21. The van der Waals surface area contributed by atoms with Crippen molar-refractivity contribution in [2.45, 2.75) is 38.1 Å². The van der Waals surface area contributed by atoms with Crippen LogP contribution in [0.1, 0.15) is 36.0 Å². The van der Waals surface area contributed by atoms with Gasteiger partial charge >= 0.3 is 5.97 Å². The smallest absolute Gasteiger partial charge is 0.338 e. The summed E-state index contributed by atoms with van der Waals surface area (Å²) >= 11 is 0. The van der Waals surface area contributed by atoms with Crippen LogP contribution in [0.5, 0.6) is 0 Å². The van der Waals surface area contributed by atoms with Crippen LogP contribution < -0.4 is 0 Å². The van der Waals surface area contributed by atoms with Crippen molar-refractivity contribution in [2.75, 3.05) is 14.2 Å². The monoisotopic (exact) mass is 278 g/mol. The van der Waals surface area contributed by atoms with Gasteiger partial charge in [-0.1, -0.05) is 18.2 Å². The summed E-state index contributed by atoms with van der Waals surface area (Å²) in [6, 6.07) is 9.13. The summed E-state index contributed by atoms with van der Waals surface area (Å²) in [5.41, 5.74) is 0.620. The number of esters is 1. The number of ether oxygens (including phenoxy) is 3. The third kappa shape index (κ3) is 4.05. The Kier molecular flexibility index (Phi) is 5.56. The van der Waals surface area contributed by atoms with E-state index in [1.54, 1.807) is 26.4 Å². The minimum absolute atomic E-state index is 0.0660. The highest BCUT2D eigenvalue weighted by atomic mass is 16.7. The van der Waals surface area contributed by atoms with Crippen LogP contribution in [-0.4, -0.2) is 32.6 Å². The summed E-state index contributed by atoms with van der Waals surface area (Å²) in [7, 11) is 3.30. The maximum absolute atomic E-state index is 11.9. The zero-order valence-electron chi connectivity index (χ0n) is 12.1. The first kappa shape index (κ1) is 15.0. The van der Waals surface area contributed by atoms with Gasteiger partial charge in [0.05, 0.1) is 5.56 Å². The van der Waals surface area contributed by atoms with Gasteiger partial charge in [0, 0.05) is 14.2 Å². The van der Waals surface area contributed by atoms with Crippen molar-refractivity contribution >= 4 is 5.97 Å². The van der Waals surface area contributed by atoms with Crippen LogP contribution in [0.25, 0.3) is 0 Å². The fourth-order valence-electron chi connectivity index (χ4n) is 2.50. The minimum atomic E-state index is -0.222. The van der Waals surface area contributed by atoms with Gasteiger partial charge in [-0.25, -0.2) is 4.79 Å². The van der Waals surface area contributed by atoms with Crippen molar-refractivity contribution in [2.24, 2.45) is 5.92 Å². The SMILES string of the molecule is COC(CCC1CC(OC(=O)c2ccccc2)C1)OC. The van der Waals surface area contributed by atoms with E-state index in [0.29, 0.717) is 11.5 Å². The Bertz CT molecular complexity index is 408. The van der Waals surface area contributed by atoms with E-state index in [-0.39, 0.29) is 18.4 Å². The summed E-state index contributed by atoms with van der Waals surface area (Å²) in [4.78, 5) is 11.9. The molecule has 1 aromatic carbocycles. The molecule has 0 atom stereocenters. The molecule has 1 fully saturated rings. The van der Waals surface area contributed by atoms with Gasteiger partial charge in [0.1, 0.15) is 6.10 Å². The van der Waals surface area contributed by atoms with E-state index < -0.39 is 0 Å². The highest BCUT2D eigenvalue weighted by Gasteiger charge is 2.32. The minimum Gasteiger partial charge on any atom is -0.459 e. The highest BCUT2D eigenvalue weighted by Crippen LogP contribution is 2.34. The average Bonchev–Trinajstić information content (AvgIpc) is 2.45. The van der Waals surface area contributed by atoms with Crippen LogP contribution in [0.4, 0.5) is 0 Å². The molecule has 1 saturated carbocycles. The fourth-order valence-corrected chi connectivity index (χ4v) is 2.50. The van der Waals surface area contributed by atoms with E-state index in [1.165, 1.54) is 0 Å². The van der Waals surface area contributed by atoms with Crippen molar-refractivity contribution in [3.05, 3.63) is 35.9 Å². The van der Waals surface area contributed by atoms with Crippen LogP contribution in [-0.2, 0) is 14.2 Å². The summed E-state index contributed by atoms with van der Waals surface area (Å²) in [5.74, 6) is 0.386. The lowest BCUT2D eigenvalue weighted by atomic mass is 9.79.